The van der Waals surface area contributed by atoms with Crippen LogP contribution in [0, 0.1) is 0 Å². The Morgan fingerprint density at radius 2 is 2.32 bits per heavy atom. The van der Waals surface area contributed by atoms with Crippen molar-refractivity contribution in [1.82, 2.24) is 10.3 Å². The number of aromatic nitrogens is 1. The minimum atomic E-state index is 0.200. The number of ether oxygens (including phenoxy) is 1. The molecule has 1 aliphatic rings. The Bertz CT molecular complexity index is 570. The van der Waals surface area contributed by atoms with Crippen molar-refractivity contribution >= 4 is 27.0 Å². The molecule has 3 rings (SSSR count). The van der Waals surface area contributed by atoms with Crippen molar-refractivity contribution in [2.45, 2.75) is 25.3 Å². The molecule has 2 aromatic rings. The Morgan fingerprint density at radius 3 is 3.11 bits per heavy atom. The summed E-state index contributed by atoms with van der Waals surface area (Å²) in [7, 11) is 0. The van der Waals surface area contributed by atoms with Crippen molar-refractivity contribution < 1.29 is 9.15 Å². The molecule has 0 bridgehead atoms. The standard InChI is InChI=1S/C14H17BrN2O2/c1-2-6-16-12-8-18-7-9(12)14-17-11-5-3-4-10(15)13(11)19-14/h3-5,9,12,16H,2,6-8H2,1H3. The second-order valence-corrected chi connectivity index (χ2v) is 5.70. The van der Waals surface area contributed by atoms with E-state index in [0.29, 0.717) is 12.6 Å². The van der Waals surface area contributed by atoms with Crippen LogP contribution in [0.2, 0.25) is 0 Å². The third kappa shape index (κ3) is 2.55. The van der Waals surface area contributed by atoms with Crippen molar-refractivity contribution in [3.63, 3.8) is 0 Å². The lowest BCUT2D eigenvalue weighted by atomic mass is 10.0. The maximum Gasteiger partial charge on any atom is 0.202 e. The van der Waals surface area contributed by atoms with Gasteiger partial charge in [-0.15, -0.1) is 0 Å². The van der Waals surface area contributed by atoms with E-state index in [-0.39, 0.29) is 5.92 Å². The number of hydrogen-bond acceptors (Lipinski definition) is 4. The van der Waals surface area contributed by atoms with Crippen LogP contribution in [0.3, 0.4) is 0 Å². The molecule has 2 atom stereocenters. The van der Waals surface area contributed by atoms with Gasteiger partial charge in [-0.25, -0.2) is 4.98 Å². The van der Waals surface area contributed by atoms with E-state index in [1.807, 2.05) is 18.2 Å². The Morgan fingerprint density at radius 1 is 1.42 bits per heavy atom. The van der Waals surface area contributed by atoms with Crippen LogP contribution in [0.25, 0.3) is 11.1 Å². The van der Waals surface area contributed by atoms with Crippen LogP contribution in [-0.2, 0) is 4.74 Å². The molecule has 1 aliphatic heterocycles. The van der Waals surface area contributed by atoms with Crippen molar-refractivity contribution in [2.75, 3.05) is 19.8 Å². The van der Waals surface area contributed by atoms with Gasteiger partial charge in [-0.1, -0.05) is 13.0 Å². The van der Waals surface area contributed by atoms with Gasteiger partial charge in [0.2, 0.25) is 5.89 Å². The largest absolute Gasteiger partial charge is 0.439 e. The van der Waals surface area contributed by atoms with Gasteiger partial charge in [-0.2, -0.15) is 0 Å². The summed E-state index contributed by atoms with van der Waals surface area (Å²) in [5.74, 6) is 0.971. The lowest BCUT2D eigenvalue weighted by Crippen LogP contribution is -2.34. The fourth-order valence-corrected chi connectivity index (χ4v) is 2.86. The third-order valence-corrected chi connectivity index (χ3v) is 4.06. The predicted molar refractivity (Wildman–Crippen MR) is 77.4 cm³/mol. The van der Waals surface area contributed by atoms with Crippen LogP contribution in [-0.4, -0.2) is 30.8 Å². The molecular formula is C14H17BrN2O2. The summed E-state index contributed by atoms with van der Waals surface area (Å²) in [5.41, 5.74) is 1.71. The quantitative estimate of drug-likeness (QED) is 0.938. The number of rotatable bonds is 4. The molecule has 0 aliphatic carbocycles. The molecule has 0 amide bonds. The highest BCUT2D eigenvalue weighted by Crippen LogP contribution is 2.31. The Balaban J connectivity index is 1.88. The highest BCUT2D eigenvalue weighted by atomic mass is 79.9. The molecular weight excluding hydrogens is 308 g/mol. The van der Waals surface area contributed by atoms with Gasteiger partial charge >= 0.3 is 0 Å². The van der Waals surface area contributed by atoms with Gasteiger partial charge in [-0.3, -0.25) is 0 Å². The van der Waals surface area contributed by atoms with Crippen LogP contribution in [0.4, 0.5) is 0 Å². The van der Waals surface area contributed by atoms with Crippen LogP contribution >= 0.6 is 15.9 Å². The first-order valence-corrected chi connectivity index (χ1v) is 7.45. The van der Waals surface area contributed by atoms with E-state index in [1.165, 1.54) is 0 Å². The molecule has 19 heavy (non-hydrogen) atoms. The topological polar surface area (TPSA) is 47.3 Å². The molecule has 2 unspecified atom stereocenters. The summed E-state index contributed by atoms with van der Waals surface area (Å²) < 4.78 is 12.4. The second kappa shape index (κ2) is 5.61. The van der Waals surface area contributed by atoms with Crippen LogP contribution in [0.5, 0.6) is 0 Å². The first kappa shape index (κ1) is 13.1. The van der Waals surface area contributed by atoms with E-state index in [2.05, 4.69) is 33.2 Å². The van der Waals surface area contributed by atoms with Gasteiger partial charge in [0.05, 0.1) is 23.6 Å². The van der Waals surface area contributed by atoms with E-state index in [0.717, 1.165) is 41.0 Å². The van der Waals surface area contributed by atoms with Crippen molar-refractivity contribution in [3.05, 3.63) is 28.6 Å². The Hall–Kier alpha value is -0.910. The lowest BCUT2D eigenvalue weighted by molar-refractivity contribution is 0.186. The second-order valence-electron chi connectivity index (χ2n) is 4.84. The third-order valence-electron chi connectivity index (χ3n) is 3.44. The van der Waals surface area contributed by atoms with E-state index in [9.17, 15) is 0 Å². The monoisotopic (exact) mass is 324 g/mol. The number of nitrogens with one attached hydrogen (secondary N) is 1. The number of halogens is 1. The molecule has 0 saturated carbocycles. The fourth-order valence-electron chi connectivity index (χ4n) is 2.42. The Kier molecular flexibility index (Phi) is 3.86. The van der Waals surface area contributed by atoms with E-state index >= 15 is 0 Å². The average molecular weight is 325 g/mol. The van der Waals surface area contributed by atoms with E-state index in [4.69, 9.17) is 9.15 Å². The molecule has 1 aromatic heterocycles. The maximum atomic E-state index is 5.91. The van der Waals surface area contributed by atoms with Gasteiger partial charge < -0.3 is 14.5 Å². The molecule has 0 spiro atoms. The molecule has 1 saturated heterocycles. The minimum absolute atomic E-state index is 0.200. The van der Waals surface area contributed by atoms with Gasteiger partial charge in [0.1, 0.15) is 5.52 Å². The zero-order chi connectivity index (χ0) is 13.2. The molecule has 102 valence electrons. The Labute approximate surface area is 120 Å². The predicted octanol–water partition coefficient (Wildman–Crippen LogP) is 3.07. The van der Waals surface area contributed by atoms with Gasteiger partial charge in [-0.05, 0) is 41.0 Å². The molecule has 1 N–H and O–H groups in total. The zero-order valence-electron chi connectivity index (χ0n) is 10.9. The molecule has 4 nitrogen and oxygen atoms in total. The van der Waals surface area contributed by atoms with Crippen LogP contribution in [0.1, 0.15) is 25.2 Å². The first-order chi connectivity index (χ1) is 9.29. The lowest BCUT2D eigenvalue weighted by Gasteiger charge is -2.15. The summed E-state index contributed by atoms with van der Waals surface area (Å²) in [5, 5.41) is 3.50. The SMILES string of the molecule is CCCNC1COCC1c1nc2cccc(Br)c2o1. The number of hydrogen-bond donors (Lipinski definition) is 1. The number of nitrogens with zero attached hydrogens (tertiary/aromatic N) is 1. The van der Waals surface area contributed by atoms with E-state index < -0.39 is 0 Å². The highest BCUT2D eigenvalue weighted by Gasteiger charge is 2.33. The van der Waals surface area contributed by atoms with Gasteiger partial charge in [0, 0.05) is 6.04 Å². The normalized spacial score (nSPS) is 23.3. The smallest absolute Gasteiger partial charge is 0.202 e. The molecule has 0 radical (unpaired) electrons. The molecule has 2 heterocycles. The molecule has 5 heteroatoms. The van der Waals surface area contributed by atoms with Crippen molar-refractivity contribution in [1.29, 1.82) is 0 Å². The van der Waals surface area contributed by atoms with E-state index in [1.54, 1.807) is 0 Å². The van der Waals surface area contributed by atoms with Crippen LogP contribution in [0.15, 0.2) is 27.1 Å². The summed E-state index contributed by atoms with van der Waals surface area (Å²) in [6.07, 6.45) is 1.11. The van der Waals surface area contributed by atoms with Crippen molar-refractivity contribution in [2.24, 2.45) is 0 Å². The number of fused-ring (bicyclic) bond motifs is 1. The van der Waals surface area contributed by atoms with Gasteiger partial charge in [0.15, 0.2) is 5.58 Å². The number of para-hydroxylation sites is 1. The first-order valence-electron chi connectivity index (χ1n) is 6.65. The highest BCUT2D eigenvalue weighted by molar-refractivity contribution is 9.10. The maximum absolute atomic E-state index is 5.91. The minimum Gasteiger partial charge on any atom is -0.439 e. The van der Waals surface area contributed by atoms with Gasteiger partial charge in [0.25, 0.3) is 0 Å². The zero-order valence-corrected chi connectivity index (χ0v) is 12.4. The van der Waals surface area contributed by atoms with Crippen molar-refractivity contribution in [3.8, 4) is 0 Å². The summed E-state index contributed by atoms with van der Waals surface area (Å²) in [6.45, 7) is 4.55. The fraction of sp³-hybridized carbons (Fsp3) is 0.500. The van der Waals surface area contributed by atoms with Crippen LogP contribution < -0.4 is 5.32 Å². The molecule has 1 fully saturated rings. The summed E-state index contributed by atoms with van der Waals surface area (Å²) in [6, 6.07) is 6.20. The molecule has 1 aromatic carbocycles. The average Bonchev–Trinajstić information content (AvgIpc) is 3.02. The number of benzene rings is 1. The summed E-state index contributed by atoms with van der Waals surface area (Å²) >= 11 is 3.50. The summed E-state index contributed by atoms with van der Waals surface area (Å²) in [4.78, 5) is 4.60. The number of oxazole rings is 1.